The third-order valence-electron chi connectivity index (χ3n) is 5.03. The zero-order chi connectivity index (χ0) is 21.1. The number of carbonyl (C=O) groups is 2. The molecule has 1 amide bonds. The molecule has 1 aromatic heterocycles. The van der Waals surface area contributed by atoms with Gasteiger partial charge >= 0.3 is 5.97 Å². The van der Waals surface area contributed by atoms with Crippen LogP contribution in [0, 0.1) is 0 Å². The first-order valence-electron chi connectivity index (χ1n) is 9.41. The number of hydrogen-bond acceptors (Lipinski definition) is 6. The van der Waals surface area contributed by atoms with Gasteiger partial charge in [-0.15, -0.1) is 0 Å². The number of amides is 1. The maximum absolute atomic E-state index is 13.0. The molecule has 0 radical (unpaired) electrons. The highest BCUT2D eigenvalue weighted by molar-refractivity contribution is 7.89. The zero-order valence-electron chi connectivity index (χ0n) is 16.1. The largest absolute Gasteiger partial charge is 0.452 e. The number of rotatable bonds is 5. The van der Waals surface area contributed by atoms with E-state index >= 15 is 0 Å². The molecule has 0 bridgehead atoms. The number of benzene rings is 2. The molecule has 0 aliphatic carbocycles. The fourth-order valence-corrected chi connectivity index (χ4v) is 5.42. The van der Waals surface area contributed by atoms with Crippen LogP contribution in [0.3, 0.4) is 0 Å². The Kier molecular flexibility index (Phi) is 5.85. The Labute approximate surface area is 178 Å². The molecule has 30 heavy (non-hydrogen) atoms. The lowest BCUT2D eigenvalue weighted by molar-refractivity contribution is -0.135. The summed E-state index contributed by atoms with van der Waals surface area (Å²) in [5.74, 6) is -0.872. The van der Waals surface area contributed by atoms with Gasteiger partial charge in [-0.1, -0.05) is 30.3 Å². The molecule has 0 saturated carbocycles. The number of thiophene rings is 1. The van der Waals surface area contributed by atoms with Crippen LogP contribution in [0.1, 0.15) is 10.4 Å². The van der Waals surface area contributed by atoms with Crippen molar-refractivity contribution in [3.63, 3.8) is 0 Å². The van der Waals surface area contributed by atoms with Crippen LogP contribution in [-0.4, -0.2) is 62.3 Å². The van der Waals surface area contributed by atoms with Crippen molar-refractivity contribution in [1.82, 2.24) is 9.21 Å². The summed E-state index contributed by atoms with van der Waals surface area (Å²) in [7, 11) is -3.65. The number of sulfonamides is 1. The van der Waals surface area contributed by atoms with Crippen molar-refractivity contribution < 1.29 is 22.7 Å². The van der Waals surface area contributed by atoms with Crippen LogP contribution in [0.4, 0.5) is 0 Å². The number of ether oxygens (including phenoxy) is 1. The first-order chi connectivity index (χ1) is 14.4. The lowest BCUT2D eigenvalue weighted by Crippen LogP contribution is -2.51. The molecule has 0 unspecified atom stereocenters. The van der Waals surface area contributed by atoms with E-state index in [2.05, 4.69) is 0 Å². The van der Waals surface area contributed by atoms with Crippen molar-refractivity contribution in [3.05, 3.63) is 64.9 Å². The van der Waals surface area contributed by atoms with Gasteiger partial charge in [0.1, 0.15) is 0 Å². The first kappa shape index (κ1) is 20.5. The normalized spacial score (nSPS) is 15.3. The fourth-order valence-electron chi connectivity index (χ4n) is 3.34. The molecule has 2 aromatic carbocycles. The molecule has 0 N–H and O–H groups in total. The molecule has 2 heterocycles. The van der Waals surface area contributed by atoms with Crippen molar-refractivity contribution in [1.29, 1.82) is 0 Å². The highest BCUT2D eigenvalue weighted by Crippen LogP contribution is 2.23. The van der Waals surface area contributed by atoms with Crippen molar-refractivity contribution in [2.75, 3.05) is 32.8 Å². The minimum atomic E-state index is -3.65. The van der Waals surface area contributed by atoms with Gasteiger partial charge in [-0.05, 0) is 34.4 Å². The second-order valence-corrected chi connectivity index (χ2v) is 9.60. The van der Waals surface area contributed by atoms with E-state index in [-0.39, 0.29) is 43.6 Å². The van der Waals surface area contributed by atoms with E-state index in [1.54, 1.807) is 35.0 Å². The lowest BCUT2D eigenvalue weighted by atomic mass is 10.1. The number of nitrogens with zero attached hydrogens (tertiary/aromatic N) is 2. The Morgan fingerprint density at radius 1 is 0.967 bits per heavy atom. The summed E-state index contributed by atoms with van der Waals surface area (Å²) in [6.07, 6.45) is 0. The summed E-state index contributed by atoms with van der Waals surface area (Å²) in [5, 5.41) is 5.25. The van der Waals surface area contributed by atoms with Gasteiger partial charge in [0.2, 0.25) is 10.0 Å². The van der Waals surface area contributed by atoms with Crippen LogP contribution in [0.5, 0.6) is 0 Å². The predicted molar refractivity (Wildman–Crippen MR) is 114 cm³/mol. The molecule has 9 heteroatoms. The summed E-state index contributed by atoms with van der Waals surface area (Å²) in [6, 6.07) is 14.3. The highest BCUT2D eigenvalue weighted by atomic mass is 32.2. The molecule has 1 fully saturated rings. The van der Waals surface area contributed by atoms with Gasteiger partial charge in [0, 0.05) is 31.6 Å². The van der Waals surface area contributed by atoms with Crippen LogP contribution in [0.25, 0.3) is 10.8 Å². The fraction of sp³-hybridized carbons (Fsp3) is 0.238. The van der Waals surface area contributed by atoms with Crippen molar-refractivity contribution in [2.45, 2.75) is 4.90 Å². The van der Waals surface area contributed by atoms with Gasteiger partial charge in [-0.2, -0.15) is 15.6 Å². The Hall–Kier alpha value is -2.75. The van der Waals surface area contributed by atoms with Gasteiger partial charge < -0.3 is 9.64 Å². The van der Waals surface area contributed by atoms with E-state index < -0.39 is 16.0 Å². The van der Waals surface area contributed by atoms with Crippen molar-refractivity contribution >= 4 is 44.0 Å². The maximum atomic E-state index is 13.0. The number of fused-ring (bicyclic) bond motifs is 1. The zero-order valence-corrected chi connectivity index (χ0v) is 17.7. The average molecular weight is 445 g/mol. The third-order valence-corrected chi connectivity index (χ3v) is 7.61. The molecule has 156 valence electrons. The van der Waals surface area contributed by atoms with Crippen LogP contribution in [0.15, 0.2) is 64.2 Å². The molecular formula is C21H20N2O5S2. The van der Waals surface area contributed by atoms with E-state index in [0.717, 1.165) is 10.8 Å². The van der Waals surface area contributed by atoms with Crippen LogP contribution in [0.2, 0.25) is 0 Å². The molecule has 1 aliphatic heterocycles. The number of piperazine rings is 1. The predicted octanol–water partition coefficient (Wildman–Crippen LogP) is 2.59. The maximum Gasteiger partial charge on any atom is 0.339 e. The highest BCUT2D eigenvalue weighted by Gasteiger charge is 2.30. The molecular weight excluding hydrogens is 424 g/mol. The summed E-state index contributed by atoms with van der Waals surface area (Å²) in [4.78, 5) is 25.9. The molecule has 1 aliphatic rings. The summed E-state index contributed by atoms with van der Waals surface area (Å²) in [5.41, 5.74) is 0.416. The SMILES string of the molecule is O=C(OCC(=O)N1CCN(S(=O)(=O)c2ccc3ccccc3c2)CC1)c1ccsc1. The molecule has 7 nitrogen and oxygen atoms in total. The molecule has 1 saturated heterocycles. The standard InChI is InChI=1S/C21H20N2O5S2/c24-20(14-28-21(25)18-7-12-29-15-18)22-8-10-23(11-9-22)30(26,27)19-6-5-16-3-1-2-4-17(16)13-19/h1-7,12-13,15H,8-11,14H2. The molecule has 0 spiro atoms. The summed E-state index contributed by atoms with van der Waals surface area (Å²) >= 11 is 1.37. The van der Waals surface area contributed by atoms with E-state index in [1.807, 2.05) is 24.3 Å². The second-order valence-electron chi connectivity index (χ2n) is 6.88. The molecule has 0 atom stereocenters. The first-order valence-corrected chi connectivity index (χ1v) is 11.8. The minimum absolute atomic E-state index is 0.194. The second kappa shape index (κ2) is 8.55. The van der Waals surface area contributed by atoms with Crippen LogP contribution < -0.4 is 0 Å². The Morgan fingerprint density at radius 3 is 2.40 bits per heavy atom. The van der Waals surface area contributed by atoms with Gasteiger partial charge in [0.25, 0.3) is 5.91 Å². The molecule has 4 rings (SSSR count). The Morgan fingerprint density at radius 2 is 1.70 bits per heavy atom. The van der Waals surface area contributed by atoms with Gasteiger partial charge in [0.15, 0.2) is 6.61 Å². The average Bonchev–Trinajstić information content (AvgIpc) is 3.32. The van der Waals surface area contributed by atoms with Crippen LogP contribution >= 0.6 is 11.3 Å². The van der Waals surface area contributed by atoms with Crippen LogP contribution in [-0.2, 0) is 19.6 Å². The topological polar surface area (TPSA) is 84.0 Å². The Balaban J connectivity index is 1.36. The molecule has 3 aromatic rings. The number of carbonyl (C=O) groups excluding carboxylic acids is 2. The third kappa shape index (κ3) is 4.23. The summed E-state index contributed by atoms with van der Waals surface area (Å²) < 4.78 is 32.5. The number of hydrogen-bond donors (Lipinski definition) is 0. The van der Waals surface area contributed by atoms with Crippen molar-refractivity contribution in [3.8, 4) is 0 Å². The van der Waals surface area contributed by atoms with E-state index in [0.29, 0.717) is 5.56 Å². The minimum Gasteiger partial charge on any atom is -0.452 e. The Bertz CT molecular complexity index is 1170. The monoisotopic (exact) mass is 444 g/mol. The van der Waals surface area contributed by atoms with E-state index in [1.165, 1.54) is 20.5 Å². The quantitative estimate of drug-likeness (QED) is 0.565. The lowest BCUT2D eigenvalue weighted by Gasteiger charge is -2.33. The van der Waals surface area contributed by atoms with E-state index in [4.69, 9.17) is 4.74 Å². The number of esters is 1. The van der Waals surface area contributed by atoms with Gasteiger partial charge in [-0.3, -0.25) is 4.79 Å². The summed E-state index contributed by atoms with van der Waals surface area (Å²) in [6.45, 7) is 0.536. The van der Waals surface area contributed by atoms with Crippen molar-refractivity contribution in [2.24, 2.45) is 0 Å². The van der Waals surface area contributed by atoms with E-state index in [9.17, 15) is 18.0 Å². The van der Waals surface area contributed by atoms with Gasteiger partial charge in [-0.25, -0.2) is 13.2 Å². The van der Waals surface area contributed by atoms with Gasteiger partial charge in [0.05, 0.1) is 10.5 Å². The smallest absolute Gasteiger partial charge is 0.339 e.